The average Bonchev–Trinajstić information content (AvgIpc) is 2.47. The molecular formula is C10H14ClN3. The summed E-state index contributed by atoms with van der Waals surface area (Å²) in [5, 5.41) is 0. The average molecular weight is 212 g/mol. The van der Waals surface area contributed by atoms with Gasteiger partial charge in [-0.15, -0.1) is 12.4 Å². The second-order valence-corrected chi connectivity index (χ2v) is 3.39. The molecule has 2 aromatic rings. The third-order valence-corrected chi connectivity index (χ3v) is 2.28. The summed E-state index contributed by atoms with van der Waals surface area (Å²) >= 11 is 0. The number of hydrogen-bond acceptors (Lipinski definition) is 2. The zero-order chi connectivity index (χ0) is 9.42. The normalized spacial score (nSPS) is 12.5. The quantitative estimate of drug-likeness (QED) is 0.785. The van der Waals surface area contributed by atoms with Gasteiger partial charge in [0.25, 0.3) is 0 Å². The summed E-state index contributed by atoms with van der Waals surface area (Å²) in [6, 6.07) is 6.22. The highest BCUT2D eigenvalue weighted by molar-refractivity contribution is 5.85. The minimum atomic E-state index is 0. The van der Waals surface area contributed by atoms with Gasteiger partial charge in [-0.05, 0) is 24.6 Å². The van der Waals surface area contributed by atoms with Crippen LogP contribution in [0.5, 0.6) is 0 Å². The van der Waals surface area contributed by atoms with Gasteiger partial charge >= 0.3 is 0 Å². The lowest BCUT2D eigenvalue weighted by atomic mass is 10.1. The Kier molecular flexibility index (Phi) is 3.13. The molecule has 0 aliphatic heterocycles. The van der Waals surface area contributed by atoms with E-state index in [1.165, 1.54) is 0 Å². The van der Waals surface area contributed by atoms with E-state index in [4.69, 9.17) is 5.73 Å². The van der Waals surface area contributed by atoms with Gasteiger partial charge in [0.05, 0.1) is 17.4 Å². The Labute approximate surface area is 89.3 Å². The Balaban J connectivity index is 0.000000980. The van der Waals surface area contributed by atoms with E-state index in [0.29, 0.717) is 0 Å². The van der Waals surface area contributed by atoms with Gasteiger partial charge in [0, 0.05) is 13.1 Å². The van der Waals surface area contributed by atoms with Gasteiger partial charge in [-0.3, -0.25) is 0 Å². The van der Waals surface area contributed by atoms with Crippen molar-refractivity contribution in [3.8, 4) is 0 Å². The van der Waals surface area contributed by atoms with Crippen molar-refractivity contribution in [1.29, 1.82) is 0 Å². The maximum atomic E-state index is 5.78. The third-order valence-electron chi connectivity index (χ3n) is 2.28. The number of nitrogens with two attached hydrogens (primary N) is 1. The molecule has 0 amide bonds. The largest absolute Gasteiger partial charge is 0.334 e. The Morgan fingerprint density at radius 3 is 2.79 bits per heavy atom. The number of aromatic nitrogens is 2. The summed E-state index contributed by atoms with van der Waals surface area (Å²) in [7, 11) is 1.99. The van der Waals surface area contributed by atoms with Crippen LogP contribution >= 0.6 is 12.4 Å². The van der Waals surface area contributed by atoms with E-state index in [0.717, 1.165) is 16.6 Å². The van der Waals surface area contributed by atoms with Crippen LogP contribution < -0.4 is 5.73 Å². The topological polar surface area (TPSA) is 43.8 Å². The van der Waals surface area contributed by atoms with Gasteiger partial charge in [0.15, 0.2) is 0 Å². The lowest BCUT2D eigenvalue weighted by Crippen LogP contribution is -2.04. The van der Waals surface area contributed by atoms with Gasteiger partial charge in [-0.25, -0.2) is 4.98 Å². The van der Waals surface area contributed by atoms with Crippen LogP contribution in [-0.4, -0.2) is 9.55 Å². The van der Waals surface area contributed by atoms with Crippen LogP contribution in [-0.2, 0) is 7.05 Å². The Hall–Kier alpha value is -1.06. The van der Waals surface area contributed by atoms with Crippen molar-refractivity contribution in [3.05, 3.63) is 30.1 Å². The summed E-state index contributed by atoms with van der Waals surface area (Å²) in [4.78, 5) is 4.27. The minimum absolute atomic E-state index is 0. The highest BCUT2D eigenvalue weighted by atomic mass is 35.5. The first kappa shape index (κ1) is 11.0. The van der Waals surface area contributed by atoms with Crippen molar-refractivity contribution >= 4 is 23.4 Å². The molecule has 2 rings (SSSR count). The van der Waals surface area contributed by atoms with Crippen LogP contribution in [0.1, 0.15) is 18.5 Å². The van der Waals surface area contributed by atoms with Crippen LogP contribution in [0, 0.1) is 0 Å². The lowest BCUT2D eigenvalue weighted by Gasteiger charge is -2.04. The van der Waals surface area contributed by atoms with Crippen LogP contribution in [0.4, 0.5) is 0 Å². The zero-order valence-electron chi connectivity index (χ0n) is 8.27. The molecule has 0 saturated carbocycles. The molecule has 1 aromatic heterocycles. The van der Waals surface area contributed by atoms with Crippen molar-refractivity contribution in [2.45, 2.75) is 13.0 Å². The second kappa shape index (κ2) is 3.98. The minimum Gasteiger partial charge on any atom is -0.334 e. The Morgan fingerprint density at radius 2 is 2.14 bits per heavy atom. The maximum Gasteiger partial charge on any atom is 0.0955 e. The summed E-state index contributed by atoms with van der Waals surface area (Å²) in [5.74, 6) is 0. The van der Waals surface area contributed by atoms with Crippen molar-refractivity contribution in [2.24, 2.45) is 12.8 Å². The first-order valence-corrected chi connectivity index (χ1v) is 4.35. The number of halogens is 1. The van der Waals surface area contributed by atoms with Crippen molar-refractivity contribution < 1.29 is 0 Å². The number of benzene rings is 1. The third kappa shape index (κ3) is 1.74. The standard InChI is InChI=1S/C10H13N3.ClH/c1-7(11)8-3-4-10-9(5-8)12-6-13(10)2;/h3-7H,11H2,1-2H3;1H. The van der Waals surface area contributed by atoms with E-state index < -0.39 is 0 Å². The molecule has 1 atom stereocenters. The van der Waals surface area contributed by atoms with E-state index >= 15 is 0 Å². The fraction of sp³-hybridized carbons (Fsp3) is 0.300. The maximum absolute atomic E-state index is 5.78. The molecule has 1 unspecified atom stereocenters. The summed E-state index contributed by atoms with van der Waals surface area (Å²) < 4.78 is 2.00. The van der Waals surface area contributed by atoms with E-state index in [1.807, 2.05) is 30.9 Å². The highest BCUT2D eigenvalue weighted by Crippen LogP contribution is 2.17. The number of imidazole rings is 1. The van der Waals surface area contributed by atoms with Crippen molar-refractivity contribution in [1.82, 2.24) is 9.55 Å². The van der Waals surface area contributed by atoms with Crippen LogP contribution in [0.25, 0.3) is 11.0 Å². The van der Waals surface area contributed by atoms with Crippen LogP contribution in [0.15, 0.2) is 24.5 Å². The Morgan fingerprint density at radius 1 is 1.43 bits per heavy atom. The zero-order valence-corrected chi connectivity index (χ0v) is 9.08. The summed E-state index contributed by atoms with van der Waals surface area (Å²) in [6.07, 6.45) is 1.82. The number of fused-ring (bicyclic) bond motifs is 1. The molecule has 76 valence electrons. The summed E-state index contributed by atoms with van der Waals surface area (Å²) in [5.41, 5.74) is 9.06. The van der Waals surface area contributed by atoms with Gasteiger partial charge in [-0.2, -0.15) is 0 Å². The van der Waals surface area contributed by atoms with Gasteiger partial charge in [0.2, 0.25) is 0 Å². The molecule has 3 nitrogen and oxygen atoms in total. The van der Waals surface area contributed by atoms with Gasteiger partial charge in [0.1, 0.15) is 0 Å². The van der Waals surface area contributed by atoms with E-state index in [1.54, 1.807) is 0 Å². The van der Waals surface area contributed by atoms with E-state index in [-0.39, 0.29) is 18.4 Å². The second-order valence-electron chi connectivity index (χ2n) is 3.39. The van der Waals surface area contributed by atoms with Gasteiger partial charge in [-0.1, -0.05) is 6.07 Å². The lowest BCUT2D eigenvalue weighted by molar-refractivity contribution is 0.819. The molecule has 1 heterocycles. The molecule has 4 heteroatoms. The molecule has 0 spiro atoms. The first-order chi connectivity index (χ1) is 6.18. The predicted octanol–water partition coefficient (Wildman–Crippen LogP) is 2.01. The molecule has 0 saturated heterocycles. The molecule has 0 aliphatic rings. The molecule has 2 N–H and O–H groups in total. The van der Waals surface area contributed by atoms with Crippen LogP contribution in [0.2, 0.25) is 0 Å². The molecule has 0 fully saturated rings. The van der Waals surface area contributed by atoms with E-state index in [2.05, 4.69) is 17.1 Å². The predicted molar refractivity (Wildman–Crippen MR) is 60.6 cm³/mol. The van der Waals surface area contributed by atoms with E-state index in [9.17, 15) is 0 Å². The highest BCUT2D eigenvalue weighted by Gasteiger charge is 2.03. The Bertz CT molecular complexity index is 434. The number of rotatable bonds is 1. The molecular weight excluding hydrogens is 198 g/mol. The number of aryl methyl sites for hydroxylation is 1. The van der Waals surface area contributed by atoms with Crippen molar-refractivity contribution in [2.75, 3.05) is 0 Å². The SMILES string of the molecule is CC(N)c1ccc2c(c1)ncn2C.Cl. The monoisotopic (exact) mass is 211 g/mol. The number of hydrogen-bond donors (Lipinski definition) is 1. The molecule has 0 radical (unpaired) electrons. The van der Waals surface area contributed by atoms with Crippen LogP contribution in [0.3, 0.4) is 0 Å². The molecule has 14 heavy (non-hydrogen) atoms. The smallest absolute Gasteiger partial charge is 0.0955 e. The molecule has 0 bridgehead atoms. The van der Waals surface area contributed by atoms with Gasteiger partial charge < -0.3 is 10.3 Å². The molecule has 1 aromatic carbocycles. The summed E-state index contributed by atoms with van der Waals surface area (Å²) in [6.45, 7) is 1.98. The van der Waals surface area contributed by atoms with Crippen molar-refractivity contribution in [3.63, 3.8) is 0 Å². The fourth-order valence-corrected chi connectivity index (χ4v) is 1.44. The molecule has 0 aliphatic carbocycles. The number of nitrogens with zero attached hydrogens (tertiary/aromatic N) is 2. The first-order valence-electron chi connectivity index (χ1n) is 4.35. The fourth-order valence-electron chi connectivity index (χ4n) is 1.44.